The van der Waals surface area contributed by atoms with Crippen LogP contribution >= 0.6 is 0 Å². The lowest BCUT2D eigenvalue weighted by molar-refractivity contribution is 0.0683. The maximum Gasteiger partial charge on any atom is 0.354 e. The van der Waals surface area contributed by atoms with E-state index in [-0.39, 0.29) is 0 Å². The summed E-state index contributed by atoms with van der Waals surface area (Å²) in [6, 6.07) is 1.74. The van der Waals surface area contributed by atoms with Gasteiger partial charge in [0.2, 0.25) is 0 Å². The fourth-order valence-corrected chi connectivity index (χ4v) is 2.35. The zero-order chi connectivity index (χ0) is 12.4. The number of likely N-dealkylation sites (tertiary alicyclic amines) is 1. The molecule has 0 unspecified atom stereocenters. The third-order valence-corrected chi connectivity index (χ3v) is 3.45. The van der Waals surface area contributed by atoms with Gasteiger partial charge in [-0.1, -0.05) is 0 Å². The van der Waals surface area contributed by atoms with Crippen molar-refractivity contribution in [3.05, 3.63) is 17.5 Å². The van der Waals surface area contributed by atoms with Gasteiger partial charge in [0.1, 0.15) is 5.69 Å². The fourth-order valence-electron chi connectivity index (χ4n) is 2.35. The normalized spacial score (nSPS) is 18.5. The van der Waals surface area contributed by atoms with Gasteiger partial charge >= 0.3 is 5.97 Å². The molecule has 1 aliphatic rings. The number of aromatic nitrogens is 2. The molecule has 0 bridgehead atoms. The van der Waals surface area contributed by atoms with Gasteiger partial charge in [-0.2, -0.15) is 5.10 Å². The minimum atomic E-state index is -0.890. The van der Waals surface area contributed by atoms with Crippen molar-refractivity contribution < 1.29 is 9.90 Å². The van der Waals surface area contributed by atoms with Crippen molar-refractivity contribution in [3.63, 3.8) is 0 Å². The molecule has 17 heavy (non-hydrogen) atoms. The van der Waals surface area contributed by atoms with E-state index in [1.165, 1.54) is 0 Å². The molecule has 1 fully saturated rings. The Kier molecular flexibility index (Phi) is 3.47. The van der Waals surface area contributed by atoms with E-state index in [0.717, 1.165) is 31.6 Å². The lowest BCUT2D eigenvalue weighted by Crippen LogP contribution is -2.29. The van der Waals surface area contributed by atoms with Crippen molar-refractivity contribution in [2.24, 2.45) is 0 Å². The summed E-state index contributed by atoms with van der Waals surface area (Å²) >= 11 is 0. The largest absolute Gasteiger partial charge is 0.477 e. The third kappa shape index (κ3) is 2.49. The highest BCUT2D eigenvalue weighted by molar-refractivity contribution is 5.85. The van der Waals surface area contributed by atoms with Crippen molar-refractivity contribution in [2.45, 2.75) is 32.2 Å². The Morgan fingerprint density at radius 3 is 2.65 bits per heavy atom. The number of carboxylic acids is 1. The van der Waals surface area contributed by atoms with E-state index >= 15 is 0 Å². The van der Waals surface area contributed by atoms with Gasteiger partial charge in [0.05, 0.1) is 5.69 Å². The van der Waals surface area contributed by atoms with Crippen LogP contribution in [0.2, 0.25) is 0 Å². The predicted molar refractivity (Wildman–Crippen MR) is 64.3 cm³/mol. The summed E-state index contributed by atoms with van der Waals surface area (Å²) in [6.45, 7) is 4.64. The van der Waals surface area contributed by atoms with E-state index in [2.05, 4.69) is 17.0 Å². The Hall–Kier alpha value is -1.36. The number of carbonyl (C=O) groups is 1. The zero-order valence-corrected chi connectivity index (χ0v) is 10.4. The minimum Gasteiger partial charge on any atom is -0.477 e. The van der Waals surface area contributed by atoms with Crippen molar-refractivity contribution in [1.29, 1.82) is 0 Å². The first-order valence-corrected chi connectivity index (χ1v) is 6.11. The van der Waals surface area contributed by atoms with Gasteiger partial charge < -0.3 is 10.0 Å². The van der Waals surface area contributed by atoms with Crippen LogP contribution in [0.4, 0.5) is 0 Å². The van der Waals surface area contributed by atoms with Crippen LogP contribution in [-0.4, -0.2) is 45.9 Å². The maximum atomic E-state index is 11.1. The Balaban J connectivity index is 2.19. The van der Waals surface area contributed by atoms with Gasteiger partial charge in [-0.05, 0) is 46.0 Å². The van der Waals surface area contributed by atoms with Crippen molar-refractivity contribution in [2.75, 3.05) is 20.1 Å². The number of piperidine rings is 1. The molecule has 1 aromatic rings. The Morgan fingerprint density at radius 1 is 1.53 bits per heavy atom. The summed E-state index contributed by atoms with van der Waals surface area (Å²) in [5, 5.41) is 13.5. The molecular formula is C12H19N3O2. The first-order chi connectivity index (χ1) is 8.11. The van der Waals surface area contributed by atoms with Crippen LogP contribution in [0, 0.1) is 0 Å². The van der Waals surface area contributed by atoms with E-state index in [1.54, 1.807) is 10.7 Å². The van der Waals surface area contributed by atoms with Crippen LogP contribution in [0.5, 0.6) is 0 Å². The highest BCUT2D eigenvalue weighted by atomic mass is 16.4. The molecule has 2 heterocycles. The zero-order valence-electron chi connectivity index (χ0n) is 10.4. The van der Waals surface area contributed by atoms with Crippen LogP contribution in [0.1, 0.15) is 41.9 Å². The summed E-state index contributed by atoms with van der Waals surface area (Å²) in [6.07, 6.45) is 2.13. The number of hydrogen-bond acceptors (Lipinski definition) is 3. The number of nitrogens with zero attached hydrogens (tertiary/aromatic N) is 3. The molecule has 0 aliphatic carbocycles. The van der Waals surface area contributed by atoms with E-state index in [4.69, 9.17) is 5.11 Å². The Morgan fingerprint density at radius 2 is 2.18 bits per heavy atom. The van der Waals surface area contributed by atoms with Gasteiger partial charge in [-0.3, -0.25) is 4.68 Å². The summed E-state index contributed by atoms with van der Waals surface area (Å²) in [4.78, 5) is 13.4. The monoisotopic (exact) mass is 237 g/mol. The molecule has 2 rings (SSSR count). The number of aromatic carboxylic acids is 1. The summed E-state index contributed by atoms with van der Waals surface area (Å²) in [5.41, 5.74) is 1.25. The smallest absolute Gasteiger partial charge is 0.354 e. The average Bonchev–Trinajstić information content (AvgIpc) is 2.74. The van der Waals surface area contributed by atoms with Crippen molar-refractivity contribution >= 4 is 5.97 Å². The van der Waals surface area contributed by atoms with Crippen LogP contribution < -0.4 is 0 Å². The lowest BCUT2D eigenvalue weighted by atomic mass is 9.94. The molecule has 0 amide bonds. The van der Waals surface area contributed by atoms with Crippen LogP contribution in [0.25, 0.3) is 0 Å². The number of hydrogen-bond donors (Lipinski definition) is 1. The molecule has 5 heteroatoms. The van der Waals surface area contributed by atoms with Crippen LogP contribution in [0.3, 0.4) is 0 Å². The second kappa shape index (κ2) is 4.87. The molecule has 1 aromatic heterocycles. The summed E-state index contributed by atoms with van der Waals surface area (Å²) in [7, 11) is 2.11. The molecule has 1 aliphatic heterocycles. The summed E-state index contributed by atoms with van der Waals surface area (Å²) < 4.78 is 1.58. The van der Waals surface area contributed by atoms with Crippen molar-refractivity contribution in [1.82, 2.24) is 14.7 Å². The molecule has 0 saturated carbocycles. The molecule has 94 valence electrons. The second-order valence-corrected chi connectivity index (χ2v) is 4.65. The Labute approximate surface area is 101 Å². The molecule has 1 saturated heterocycles. The van der Waals surface area contributed by atoms with Crippen molar-refractivity contribution in [3.8, 4) is 0 Å². The van der Waals surface area contributed by atoms with Crippen LogP contribution in [-0.2, 0) is 6.54 Å². The van der Waals surface area contributed by atoms with Gasteiger partial charge in [-0.15, -0.1) is 0 Å². The van der Waals surface area contributed by atoms with E-state index in [9.17, 15) is 4.79 Å². The quantitative estimate of drug-likeness (QED) is 0.863. The van der Waals surface area contributed by atoms with Gasteiger partial charge in [0.25, 0.3) is 0 Å². The average molecular weight is 237 g/mol. The number of carboxylic acid groups (broad SMARTS) is 1. The molecule has 0 radical (unpaired) electrons. The van der Waals surface area contributed by atoms with E-state index in [1.807, 2.05) is 6.92 Å². The van der Waals surface area contributed by atoms with Crippen LogP contribution in [0.15, 0.2) is 6.07 Å². The van der Waals surface area contributed by atoms with Gasteiger partial charge in [-0.25, -0.2) is 4.79 Å². The minimum absolute atomic E-state index is 0.307. The molecule has 5 nitrogen and oxygen atoms in total. The Bertz CT molecular complexity index is 406. The fraction of sp³-hybridized carbons (Fsp3) is 0.667. The maximum absolute atomic E-state index is 11.1. The standard InChI is InChI=1S/C12H19N3O2/c1-3-15-11(12(16)17)8-10(13-15)9-4-6-14(2)7-5-9/h8-9H,3-7H2,1-2H3,(H,16,17). The number of rotatable bonds is 3. The topological polar surface area (TPSA) is 58.4 Å². The summed E-state index contributed by atoms with van der Waals surface area (Å²) in [5.74, 6) is -0.476. The highest BCUT2D eigenvalue weighted by Crippen LogP contribution is 2.27. The molecule has 0 spiro atoms. The van der Waals surface area contributed by atoms with Gasteiger partial charge in [0, 0.05) is 12.5 Å². The number of aryl methyl sites for hydroxylation is 1. The van der Waals surface area contributed by atoms with E-state index in [0.29, 0.717) is 18.2 Å². The third-order valence-electron chi connectivity index (χ3n) is 3.45. The predicted octanol–water partition coefficient (Wildman–Crippen LogP) is 1.41. The highest BCUT2D eigenvalue weighted by Gasteiger charge is 2.23. The lowest BCUT2D eigenvalue weighted by Gasteiger charge is -2.27. The SMILES string of the molecule is CCn1nc(C2CCN(C)CC2)cc1C(=O)O. The molecule has 0 atom stereocenters. The second-order valence-electron chi connectivity index (χ2n) is 4.65. The van der Waals surface area contributed by atoms with E-state index < -0.39 is 5.97 Å². The molecule has 1 N–H and O–H groups in total. The molecular weight excluding hydrogens is 218 g/mol. The first-order valence-electron chi connectivity index (χ1n) is 6.11. The molecule has 0 aromatic carbocycles. The van der Waals surface area contributed by atoms with Gasteiger partial charge in [0.15, 0.2) is 0 Å². The first kappa shape index (κ1) is 12.1.